The minimum Gasteiger partial charge on any atom is -0.487 e. The molecule has 2 heterocycles. The Morgan fingerprint density at radius 3 is 1.81 bits per heavy atom. The smallest absolute Gasteiger partial charge is 0.347 e. The fraction of sp³-hybridized carbons (Fsp3) is 0.156. The van der Waals surface area contributed by atoms with Gasteiger partial charge in [-0.05, 0) is 40.8 Å². The number of ether oxygens (including phenoxy) is 3. The summed E-state index contributed by atoms with van der Waals surface area (Å²) in [7, 11) is 0. The van der Waals surface area contributed by atoms with Crippen LogP contribution < -0.4 is 9.47 Å². The second kappa shape index (κ2) is 16.2. The maximum atomic E-state index is 14.2. The van der Waals surface area contributed by atoms with Gasteiger partial charge in [0.05, 0.1) is 12.3 Å². The molecule has 0 aliphatic rings. The molecule has 0 aliphatic heterocycles. The van der Waals surface area contributed by atoms with Crippen LogP contribution in [0.25, 0.3) is 22.2 Å². The first-order valence-electron chi connectivity index (χ1n) is 17.5. The maximum Gasteiger partial charge on any atom is 0.347 e. The lowest BCUT2D eigenvalue weighted by Gasteiger charge is -2.21. The molecule has 0 amide bonds. The van der Waals surface area contributed by atoms with E-state index in [-0.39, 0.29) is 37.9 Å². The molecule has 0 aliphatic carbocycles. The highest BCUT2D eigenvalue weighted by Crippen LogP contribution is 2.40. The van der Waals surface area contributed by atoms with Crippen molar-refractivity contribution in [2.75, 3.05) is 0 Å². The van der Waals surface area contributed by atoms with Crippen LogP contribution in [0.5, 0.6) is 11.6 Å². The van der Waals surface area contributed by atoms with Crippen LogP contribution in [0, 0.1) is 0 Å². The van der Waals surface area contributed by atoms with Crippen molar-refractivity contribution in [3.05, 3.63) is 185 Å². The highest BCUT2D eigenvalue weighted by molar-refractivity contribution is 5.97. The molecule has 0 spiro atoms. The average molecular weight is 689 g/mol. The molecule has 0 radical (unpaired) electrons. The molecule has 0 unspecified atom stereocenters. The lowest BCUT2D eigenvalue weighted by atomic mass is 9.99. The minimum atomic E-state index is -0.580. The Labute approximate surface area is 303 Å². The standard InChI is InChI=1S/C45H40N2O5/c1-2-39-42(37-24-23-36-25-38(28-48)47(40(36)26-37)27-32-15-7-3-8-16-32)46-44(51-30-34-19-11-5-12-20-34)41(43(39)50-29-33-17-9-4-10-18-33)45(49)52-31-35-21-13-6-14-22-35/h3-26,48H,2,27-31H2,1H3. The van der Waals surface area contributed by atoms with Gasteiger partial charge in [-0.15, -0.1) is 0 Å². The van der Waals surface area contributed by atoms with E-state index in [9.17, 15) is 9.90 Å². The number of esters is 1. The van der Waals surface area contributed by atoms with Crippen LogP contribution in [-0.2, 0) is 44.1 Å². The van der Waals surface area contributed by atoms with Crippen molar-refractivity contribution in [3.63, 3.8) is 0 Å². The number of hydrogen-bond donors (Lipinski definition) is 1. The third kappa shape index (κ3) is 7.75. The Morgan fingerprint density at radius 1 is 0.673 bits per heavy atom. The van der Waals surface area contributed by atoms with E-state index in [4.69, 9.17) is 19.2 Å². The largest absolute Gasteiger partial charge is 0.487 e. The Kier molecular flexibility index (Phi) is 10.7. The molecule has 0 fully saturated rings. The maximum absolute atomic E-state index is 14.2. The molecule has 7 nitrogen and oxygen atoms in total. The van der Waals surface area contributed by atoms with E-state index in [0.717, 1.165) is 50.0 Å². The summed E-state index contributed by atoms with van der Waals surface area (Å²) in [6.07, 6.45) is 0.523. The van der Waals surface area contributed by atoms with Crippen molar-refractivity contribution in [1.29, 1.82) is 0 Å². The monoisotopic (exact) mass is 688 g/mol. The number of aromatic nitrogens is 2. The molecule has 2 aromatic heterocycles. The first-order valence-corrected chi connectivity index (χ1v) is 17.5. The van der Waals surface area contributed by atoms with Crippen molar-refractivity contribution < 1.29 is 24.1 Å². The number of carbonyl (C=O) groups is 1. The normalized spacial score (nSPS) is 11.0. The van der Waals surface area contributed by atoms with Crippen molar-refractivity contribution in [2.45, 2.75) is 46.3 Å². The summed E-state index contributed by atoms with van der Waals surface area (Å²) >= 11 is 0. The van der Waals surface area contributed by atoms with Gasteiger partial charge in [-0.2, -0.15) is 0 Å². The van der Waals surface area contributed by atoms with Gasteiger partial charge in [0.25, 0.3) is 0 Å². The minimum absolute atomic E-state index is 0.0847. The van der Waals surface area contributed by atoms with Crippen LogP contribution in [0.15, 0.2) is 146 Å². The van der Waals surface area contributed by atoms with E-state index >= 15 is 0 Å². The molecule has 7 heteroatoms. The third-order valence-electron chi connectivity index (χ3n) is 9.04. The van der Waals surface area contributed by atoms with E-state index < -0.39 is 5.97 Å². The van der Waals surface area contributed by atoms with Gasteiger partial charge in [-0.1, -0.05) is 140 Å². The summed E-state index contributed by atoms with van der Waals surface area (Å²) in [6, 6.07) is 47.6. The van der Waals surface area contributed by atoms with Gasteiger partial charge in [-0.3, -0.25) is 0 Å². The van der Waals surface area contributed by atoms with Gasteiger partial charge < -0.3 is 23.9 Å². The van der Waals surface area contributed by atoms with Gasteiger partial charge in [0.1, 0.15) is 25.6 Å². The van der Waals surface area contributed by atoms with E-state index in [1.807, 2.05) is 134 Å². The highest BCUT2D eigenvalue weighted by atomic mass is 16.5. The fourth-order valence-corrected chi connectivity index (χ4v) is 6.38. The van der Waals surface area contributed by atoms with Crippen molar-refractivity contribution in [1.82, 2.24) is 9.55 Å². The second-order valence-corrected chi connectivity index (χ2v) is 12.6. The highest BCUT2D eigenvalue weighted by Gasteiger charge is 2.29. The summed E-state index contributed by atoms with van der Waals surface area (Å²) in [6.45, 7) is 3.04. The van der Waals surface area contributed by atoms with Crippen molar-refractivity contribution in [3.8, 4) is 22.9 Å². The molecule has 1 N–H and O–H groups in total. The molecule has 0 atom stereocenters. The quantitative estimate of drug-likeness (QED) is 0.115. The SMILES string of the molecule is CCc1c(-c2ccc3cc(CO)n(Cc4ccccc4)c3c2)nc(OCc2ccccc2)c(C(=O)OCc2ccccc2)c1OCc1ccccc1. The summed E-state index contributed by atoms with van der Waals surface area (Å²) in [5, 5.41) is 11.3. The molecule has 7 rings (SSSR count). The van der Waals surface area contributed by atoms with Crippen LogP contribution in [0.2, 0.25) is 0 Å². The third-order valence-corrected chi connectivity index (χ3v) is 9.04. The number of aliphatic hydroxyl groups excluding tert-OH is 1. The first kappa shape index (κ1) is 34.3. The number of rotatable bonds is 14. The van der Waals surface area contributed by atoms with Gasteiger partial charge in [0, 0.05) is 34.3 Å². The number of hydrogen-bond acceptors (Lipinski definition) is 6. The Morgan fingerprint density at radius 2 is 1.23 bits per heavy atom. The number of aliphatic hydroxyl groups is 1. The predicted octanol–water partition coefficient (Wildman–Crippen LogP) is 9.32. The van der Waals surface area contributed by atoms with Crippen molar-refractivity contribution >= 4 is 16.9 Å². The van der Waals surface area contributed by atoms with Crippen LogP contribution >= 0.6 is 0 Å². The van der Waals surface area contributed by atoms with E-state index in [1.54, 1.807) is 0 Å². The van der Waals surface area contributed by atoms with Gasteiger partial charge in [-0.25, -0.2) is 9.78 Å². The zero-order valence-corrected chi connectivity index (χ0v) is 29.1. The van der Waals surface area contributed by atoms with Crippen LogP contribution in [0.3, 0.4) is 0 Å². The summed E-state index contributed by atoms with van der Waals surface area (Å²) in [5.41, 5.74) is 8.04. The number of benzene rings is 5. The first-order chi connectivity index (χ1) is 25.6. The number of carbonyl (C=O) groups excluding carboxylic acids is 1. The van der Waals surface area contributed by atoms with E-state index in [2.05, 4.69) is 22.8 Å². The summed E-state index contributed by atoms with van der Waals surface area (Å²) in [4.78, 5) is 19.3. The zero-order valence-electron chi connectivity index (χ0n) is 29.1. The van der Waals surface area contributed by atoms with Gasteiger partial charge in [0.15, 0.2) is 5.56 Å². The number of fused-ring (bicyclic) bond motifs is 1. The molecule has 260 valence electrons. The summed E-state index contributed by atoms with van der Waals surface area (Å²) < 4.78 is 21.1. The molecule has 5 aromatic carbocycles. The average Bonchev–Trinajstić information content (AvgIpc) is 3.55. The van der Waals surface area contributed by atoms with Crippen LogP contribution in [-0.4, -0.2) is 20.6 Å². The van der Waals surface area contributed by atoms with Crippen LogP contribution in [0.4, 0.5) is 0 Å². The van der Waals surface area contributed by atoms with E-state index in [1.165, 1.54) is 0 Å². The summed E-state index contributed by atoms with van der Waals surface area (Å²) in [5.74, 6) is -0.0650. The van der Waals surface area contributed by atoms with Gasteiger partial charge >= 0.3 is 5.97 Å². The van der Waals surface area contributed by atoms with Crippen molar-refractivity contribution in [2.24, 2.45) is 0 Å². The molecule has 0 saturated heterocycles. The molecular weight excluding hydrogens is 649 g/mol. The van der Waals surface area contributed by atoms with Crippen LogP contribution in [0.1, 0.15) is 50.8 Å². The number of nitrogens with zero attached hydrogens (tertiary/aromatic N) is 2. The fourth-order valence-electron chi connectivity index (χ4n) is 6.38. The predicted molar refractivity (Wildman–Crippen MR) is 203 cm³/mol. The Bertz CT molecular complexity index is 2250. The molecule has 52 heavy (non-hydrogen) atoms. The molecule has 0 saturated carbocycles. The lowest BCUT2D eigenvalue weighted by molar-refractivity contribution is 0.0460. The number of pyridine rings is 1. The molecule has 0 bridgehead atoms. The second-order valence-electron chi connectivity index (χ2n) is 12.6. The topological polar surface area (TPSA) is 82.8 Å². The molecular formula is C45H40N2O5. The Balaban J connectivity index is 1.38. The zero-order chi connectivity index (χ0) is 35.7. The Hall–Kier alpha value is -6.18. The lowest BCUT2D eigenvalue weighted by Crippen LogP contribution is -2.15. The van der Waals surface area contributed by atoms with Gasteiger partial charge in [0.2, 0.25) is 5.88 Å². The molecule has 7 aromatic rings. The van der Waals surface area contributed by atoms with E-state index in [0.29, 0.717) is 24.4 Å².